The van der Waals surface area contributed by atoms with Gasteiger partial charge in [-0.25, -0.2) is 4.39 Å². The van der Waals surface area contributed by atoms with Gasteiger partial charge >= 0.3 is 0 Å². The summed E-state index contributed by atoms with van der Waals surface area (Å²) in [6.07, 6.45) is 2.32. The van der Waals surface area contributed by atoms with Crippen LogP contribution in [-0.2, 0) is 4.79 Å². The number of carbonyl (C=O) groups is 2. The maximum Gasteiger partial charge on any atom is 0.257 e. The van der Waals surface area contributed by atoms with Gasteiger partial charge in [0.15, 0.2) is 0 Å². The van der Waals surface area contributed by atoms with Crippen molar-refractivity contribution in [1.82, 2.24) is 4.90 Å². The van der Waals surface area contributed by atoms with Gasteiger partial charge in [0.2, 0.25) is 0 Å². The summed E-state index contributed by atoms with van der Waals surface area (Å²) >= 11 is 3.21. The molecule has 0 N–H and O–H groups in total. The predicted molar refractivity (Wildman–Crippen MR) is 73.5 cm³/mol. The maximum absolute atomic E-state index is 13.8. The van der Waals surface area contributed by atoms with Crippen molar-refractivity contribution in [2.24, 2.45) is 0 Å². The van der Waals surface area contributed by atoms with Crippen LogP contribution in [0.3, 0.4) is 0 Å². The zero-order valence-electron chi connectivity index (χ0n) is 10.7. The van der Waals surface area contributed by atoms with Crippen LogP contribution >= 0.6 is 15.9 Å². The minimum absolute atomic E-state index is 0.0108. The molecule has 1 saturated carbocycles. The topological polar surface area (TPSA) is 37.4 Å². The van der Waals surface area contributed by atoms with Crippen LogP contribution in [0.4, 0.5) is 4.39 Å². The van der Waals surface area contributed by atoms with Gasteiger partial charge in [-0.15, -0.1) is 0 Å². The molecule has 1 aliphatic rings. The Morgan fingerprint density at radius 3 is 2.58 bits per heavy atom. The fourth-order valence-electron chi connectivity index (χ4n) is 2.36. The second-order valence-corrected chi connectivity index (χ2v) is 5.64. The molecule has 0 saturated heterocycles. The lowest BCUT2D eigenvalue weighted by molar-refractivity contribution is -0.121. The molecule has 5 heteroatoms. The van der Waals surface area contributed by atoms with Crippen LogP contribution in [0.2, 0.25) is 0 Å². The molecule has 1 fully saturated rings. The molecule has 0 bridgehead atoms. The smallest absolute Gasteiger partial charge is 0.257 e. The Balaban J connectivity index is 2.17. The van der Waals surface area contributed by atoms with E-state index >= 15 is 0 Å². The van der Waals surface area contributed by atoms with Crippen LogP contribution in [0.15, 0.2) is 22.7 Å². The average Bonchev–Trinajstić information content (AvgIpc) is 2.38. The lowest BCUT2D eigenvalue weighted by Gasteiger charge is -2.31. The molecule has 0 atom stereocenters. The summed E-state index contributed by atoms with van der Waals surface area (Å²) in [5.74, 6) is -0.633. The van der Waals surface area contributed by atoms with Crippen LogP contribution in [-0.4, -0.2) is 29.7 Å². The Morgan fingerprint density at radius 2 is 2.00 bits per heavy atom. The van der Waals surface area contributed by atoms with Gasteiger partial charge in [0.05, 0.1) is 5.56 Å². The van der Waals surface area contributed by atoms with Gasteiger partial charge in [-0.2, -0.15) is 0 Å². The molecule has 0 spiro atoms. The number of hydrogen-bond acceptors (Lipinski definition) is 2. The lowest BCUT2D eigenvalue weighted by atomic mass is 9.93. The Hall–Kier alpha value is -1.23. The van der Waals surface area contributed by atoms with E-state index in [1.54, 1.807) is 24.1 Å². The first-order chi connectivity index (χ1) is 9.00. The molecule has 3 nitrogen and oxygen atoms in total. The summed E-state index contributed by atoms with van der Waals surface area (Å²) in [7, 11) is 1.67. The molecule has 0 radical (unpaired) electrons. The summed E-state index contributed by atoms with van der Waals surface area (Å²) in [5.41, 5.74) is 0.0573. The molecule has 0 unspecified atom stereocenters. The molecule has 1 aromatic rings. The number of rotatable bonds is 2. The van der Waals surface area contributed by atoms with Gasteiger partial charge in [-0.3, -0.25) is 9.59 Å². The van der Waals surface area contributed by atoms with Crippen molar-refractivity contribution in [3.05, 3.63) is 34.1 Å². The van der Waals surface area contributed by atoms with Gasteiger partial charge in [-0.1, -0.05) is 6.07 Å². The van der Waals surface area contributed by atoms with E-state index in [1.165, 1.54) is 6.07 Å². The Kier molecular flexibility index (Phi) is 4.34. The number of hydrogen-bond donors (Lipinski definition) is 0. The zero-order valence-corrected chi connectivity index (χ0v) is 12.2. The molecule has 102 valence electrons. The first-order valence-corrected chi connectivity index (χ1v) is 7.03. The SMILES string of the molecule is CN(C(=O)c1c(F)cccc1Br)C1CCC(=O)CC1. The fourth-order valence-corrected chi connectivity index (χ4v) is 2.87. The van der Waals surface area contributed by atoms with Crippen LogP contribution in [0, 0.1) is 5.82 Å². The van der Waals surface area contributed by atoms with Crippen molar-refractivity contribution in [2.75, 3.05) is 7.05 Å². The monoisotopic (exact) mass is 327 g/mol. The van der Waals surface area contributed by atoms with E-state index in [4.69, 9.17) is 0 Å². The quantitative estimate of drug-likeness (QED) is 0.836. The molecule has 2 rings (SSSR count). The minimum atomic E-state index is -0.530. The number of ketones is 1. The number of Topliss-reactive ketones (excluding diaryl/α,β-unsaturated/α-hetero) is 1. The molecule has 0 heterocycles. The number of nitrogens with zero attached hydrogens (tertiary/aromatic N) is 1. The Morgan fingerprint density at radius 1 is 1.37 bits per heavy atom. The highest BCUT2D eigenvalue weighted by Gasteiger charge is 2.28. The Bertz CT molecular complexity index is 488. The largest absolute Gasteiger partial charge is 0.339 e. The highest BCUT2D eigenvalue weighted by molar-refractivity contribution is 9.10. The van der Waals surface area contributed by atoms with E-state index in [9.17, 15) is 14.0 Å². The van der Waals surface area contributed by atoms with Gasteiger partial charge in [0.25, 0.3) is 5.91 Å². The van der Waals surface area contributed by atoms with Crippen LogP contribution in [0.25, 0.3) is 0 Å². The molecule has 0 aromatic heterocycles. The Labute approximate surface area is 119 Å². The lowest BCUT2D eigenvalue weighted by Crippen LogP contribution is -2.40. The van der Waals surface area contributed by atoms with E-state index in [2.05, 4.69) is 15.9 Å². The second-order valence-electron chi connectivity index (χ2n) is 4.78. The highest BCUT2D eigenvalue weighted by Crippen LogP contribution is 2.25. The predicted octanol–water partition coefficient (Wildman–Crippen LogP) is 3.17. The molecule has 1 aliphatic carbocycles. The molecule has 19 heavy (non-hydrogen) atoms. The van der Waals surface area contributed by atoms with Crippen molar-refractivity contribution < 1.29 is 14.0 Å². The van der Waals surface area contributed by atoms with Crippen LogP contribution < -0.4 is 0 Å². The van der Waals surface area contributed by atoms with E-state index in [1.807, 2.05) is 0 Å². The van der Waals surface area contributed by atoms with Gasteiger partial charge < -0.3 is 4.90 Å². The molecule has 1 amide bonds. The molecule has 0 aliphatic heterocycles. The number of benzene rings is 1. The normalized spacial score (nSPS) is 16.5. The van der Waals surface area contributed by atoms with Crippen LogP contribution in [0.1, 0.15) is 36.0 Å². The van der Waals surface area contributed by atoms with Crippen molar-refractivity contribution in [2.45, 2.75) is 31.7 Å². The summed E-state index contributed by atoms with van der Waals surface area (Å²) in [6, 6.07) is 4.48. The summed E-state index contributed by atoms with van der Waals surface area (Å²) in [5, 5.41) is 0. The van der Waals surface area contributed by atoms with Gasteiger partial charge in [0, 0.05) is 30.4 Å². The summed E-state index contributed by atoms with van der Waals surface area (Å²) in [4.78, 5) is 25.1. The third-order valence-corrected chi connectivity index (χ3v) is 4.22. The number of amides is 1. The van der Waals surface area contributed by atoms with Crippen molar-refractivity contribution >= 4 is 27.6 Å². The van der Waals surface area contributed by atoms with E-state index in [-0.39, 0.29) is 23.3 Å². The second kappa shape index (κ2) is 5.82. The standard InChI is InChI=1S/C14H15BrFNO2/c1-17(9-5-7-10(18)8-6-9)14(19)13-11(15)3-2-4-12(13)16/h2-4,9H,5-8H2,1H3. The minimum Gasteiger partial charge on any atom is -0.339 e. The van der Waals surface area contributed by atoms with Gasteiger partial charge in [-0.05, 0) is 40.9 Å². The highest BCUT2D eigenvalue weighted by atomic mass is 79.9. The number of halogens is 2. The first kappa shape index (κ1) is 14.2. The van der Waals surface area contributed by atoms with E-state index < -0.39 is 5.82 Å². The van der Waals surface area contributed by atoms with Crippen LogP contribution in [0.5, 0.6) is 0 Å². The first-order valence-electron chi connectivity index (χ1n) is 6.23. The third kappa shape index (κ3) is 3.03. The molecular weight excluding hydrogens is 313 g/mol. The summed E-state index contributed by atoms with van der Waals surface area (Å²) < 4.78 is 14.2. The zero-order chi connectivity index (χ0) is 14.0. The maximum atomic E-state index is 13.8. The number of carbonyl (C=O) groups excluding carboxylic acids is 2. The van der Waals surface area contributed by atoms with Crippen molar-refractivity contribution in [1.29, 1.82) is 0 Å². The van der Waals surface area contributed by atoms with Gasteiger partial charge in [0.1, 0.15) is 11.6 Å². The molecule has 1 aromatic carbocycles. The fraction of sp³-hybridized carbons (Fsp3) is 0.429. The average molecular weight is 328 g/mol. The molecular formula is C14H15BrFNO2. The van der Waals surface area contributed by atoms with Crippen molar-refractivity contribution in [3.63, 3.8) is 0 Å². The summed E-state index contributed by atoms with van der Waals surface area (Å²) in [6.45, 7) is 0. The van der Waals surface area contributed by atoms with Crippen molar-refractivity contribution in [3.8, 4) is 0 Å². The third-order valence-electron chi connectivity index (χ3n) is 3.56. The van der Waals surface area contributed by atoms with E-state index in [0.717, 1.165) is 0 Å². The van der Waals surface area contributed by atoms with E-state index in [0.29, 0.717) is 30.2 Å².